The highest BCUT2D eigenvalue weighted by molar-refractivity contribution is 5.85. The molecule has 1 amide bonds. The summed E-state index contributed by atoms with van der Waals surface area (Å²) in [6, 6.07) is 6.31. The number of ether oxygens (including phenoxy) is 1. The Bertz CT molecular complexity index is 513. The van der Waals surface area contributed by atoms with Gasteiger partial charge in [0.25, 0.3) is 0 Å². The van der Waals surface area contributed by atoms with Crippen LogP contribution >= 0.6 is 12.4 Å². The third kappa shape index (κ3) is 4.00. The summed E-state index contributed by atoms with van der Waals surface area (Å²) in [5.41, 5.74) is 9.02. The third-order valence-electron chi connectivity index (χ3n) is 4.56. The lowest BCUT2D eigenvalue weighted by atomic mass is 9.79. The normalized spacial score (nSPS) is 18.2. The number of carbonyl (C=O) groups excluding carboxylic acids is 1. The zero-order valence-electron chi connectivity index (χ0n) is 13.6. The van der Waals surface area contributed by atoms with Crippen LogP contribution in [0, 0.1) is 19.3 Å². The molecule has 22 heavy (non-hydrogen) atoms. The number of halogens is 1. The van der Waals surface area contributed by atoms with Gasteiger partial charge in [0.15, 0.2) is 0 Å². The number of hydrogen-bond donors (Lipinski definition) is 2. The largest absolute Gasteiger partial charge is 0.381 e. The molecule has 1 aromatic rings. The lowest BCUT2D eigenvalue weighted by molar-refractivity contribution is -0.136. The molecule has 3 N–H and O–H groups in total. The molecule has 0 aromatic heterocycles. The lowest BCUT2D eigenvalue weighted by Crippen LogP contribution is -2.49. The number of carbonyl (C=O) groups is 1. The van der Waals surface area contributed by atoms with E-state index in [-0.39, 0.29) is 24.4 Å². The van der Waals surface area contributed by atoms with Crippen LogP contribution in [-0.2, 0) is 9.53 Å². The van der Waals surface area contributed by atoms with Gasteiger partial charge in [-0.05, 0) is 44.7 Å². The molecule has 1 unspecified atom stereocenters. The van der Waals surface area contributed by atoms with E-state index in [1.54, 1.807) is 0 Å². The number of hydrogen-bond acceptors (Lipinski definition) is 3. The summed E-state index contributed by atoms with van der Waals surface area (Å²) in [6.45, 7) is 7.79. The molecule has 4 nitrogen and oxygen atoms in total. The standard InChI is InChI=1S/C17H26N2O2.ClH/c1-12-4-5-15(13(2)10-12)14(3)19-16(20)17(11-18)6-8-21-9-7-17;/h4-5,10,14H,6-9,11,18H2,1-3H3,(H,19,20);1H. The minimum Gasteiger partial charge on any atom is -0.381 e. The molecule has 2 rings (SSSR count). The molecule has 0 saturated carbocycles. The van der Waals surface area contributed by atoms with Crippen molar-refractivity contribution in [2.75, 3.05) is 19.8 Å². The molecular weight excluding hydrogens is 300 g/mol. The first kappa shape index (κ1) is 18.9. The first-order valence-corrected chi connectivity index (χ1v) is 7.64. The lowest BCUT2D eigenvalue weighted by Gasteiger charge is -2.35. The Balaban J connectivity index is 0.00000242. The minimum atomic E-state index is -0.467. The molecule has 0 aliphatic carbocycles. The molecule has 1 aliphatic heterocycles. The second-order valence-corrected chi connectivity index (χ2v) is 6.15. The topological polar surface area (TPSA) is 64.4 Å². The van der Waals surface area contributed by atoms with Crippen molar-refractivity contribution in [1.29, 1.82) is 0 Å². The highest BCUT2D eigenvalue weighted by atomic mass is 35.5. The monoisotopic (exact) mass is 326 g/mol. The van der Waals surface area contributed by atoms with Gasteiger partial charge in [-0.25, -0.2) is 0 Å². The summed E-state index contributed by atoms with van der Waals surface area (Å²) in [6.07, 6.45) is 1.41. The van der Waals surface area contributed by atoms with Crippen molar-refractivity contribution >= 4 is 18.3 Å². The van der Waals surface area contributed by atoms with E-state index in [2.05, 4.69) is 37.4 Å². The predicted molar refractivity (Wildman–Crippen MR) is 91.3 cm³/mol. The van der Waals surface area contributed by atoms with Gasteiger partial charge in [-0.2, -0.15) is 0 Å². The number of aryl methyl sites for hydroxylation is 2. The van der Waals surface area contributed by atoms with Crippen LogP contribution in [0.4, 0.5) is 0 Å². The fourth-order valence-electron chi connectivity index (χ4n) is 3.02. The number of nitrogens with two attached hydrogens (primary N) is 1. The predicted octanol–water partition coefficient (Wildman–Crippen LogP) is 2.66. The van der Waals surface area contributed by atoms with Gasteiger partial charge >= 0.3 is 0 Å². The molecule has 0 radical (unpaired) electrons. The van der Waals surface area contributed by atoms with Gasteiger partial charge in [0.05, 0.1) is 11.5 Å². The summed E-state index contributed by atoms with van der Waals surface area (Å²) in [5, 5.41) is 3.14. The molecule has 1 atom stereocenters. The summed E-state index contributed by atoms with van der Waals surface area (Å²) in [5.74, 6) is 0.0563. The van der Waals surface area contributed by atoms with Crippen molar-refractivity contribution in [2.45, 2.75) is 39.7 Å². The van der Waals surface area contributed by atoms with Crippen molar-refractivity contribution in [3.63, 3.8) is 0 Å². The van der Waals surface area contributed by atoms with Crippen LogP contribution in [0.1, 0.15) is 42.5 Å². The van der Waals surface area contributed by atoms with Gasteiger partial charge in [0.2, 0.25) is 5.91 Å². The Morgan fingerprint density at radius 2 is 2.00 bits per heavy atom. The molecule has 5 heteroatoms. The number of amides is 1. The van der Waals surface area contributed by atoms with Crippen molar-refractivity contribution in [3.05, 3.63) is 34.9 Å². The summed E-state index contributed by atoms with van der Waals surface area (Å²) in [7, 11) is 0. The molecule has 0 spiro atoms. The fourth-order valence-corrected chi connectivity index (χ4v) is 3.02. The summed E-state index contributed by atoms with van der Waals surface area (Å²) in [4.78, 5) is 12.7. The average molecular weight is 327 g/mol. The van der Waals surface area contributed by atoms with Crippen LogP contribution in [0.5, 0.6) is 0 Å². The third-order valence-corrected chi connectivity index (χ3v) is 4.56. The maximum Gasteiger partial charge on any atom is 0.228 e. The molecule has 1 fully saturated rings. The van der Waals surface area contributed by atoms with Crippen LogP contribution in [0.2, 0.25) is 0 Å². The van der Waals surface area contributed by atoms with Gasteiger partial charge in [-0.1, -0.05) is 23.8 Å². The highest BCUT2D eigenvalue weighted by Crippen LogP contribution is 2.30. The molecule has 1 aromatic carbocycles. The van der Waals surface area contributed by atoms with Gasteiger partial charge < -0.3 is 15.8 Å². The summed E-state index contributed by atoms with van der Waals surface area (Å²) >= 11 is 0. The number of benzene rings is 1. The zero-order valence-corrected chi connectivity index (χ0v) is 14.5. The van der Waals surface area contributed by atoms with Gasteiger partial charge in [0, 0.05) is 19.8 Å². The van der Waals surface area contributed by atoms with E-state index in [1.165, 1.54) is 11.1 Å². The van der Waals surface area contributed by atoms with Crippen molar-refractivity contribution in [3.8, 4) is 0 Å². The molecule has 124 valence electrons. The zero-order chi connectivity index (χ0) is 15.5. The van der Waals surface area contributed by atoms with E-state index in [9.17, 15) is 4.79 Å². The van der Waals surface area contributed by atoms with Gasteiger partial charge in [0.1, 0.15) is 0 Å². The number of rotatable bonds is 4. The Morgan fingerprint density at radius 3 is 2.55 bits per heavy atom. The first-order valence-electron chi connectivity index (χ1n) is 7.64. The second-order valence-electron chi connectivity index (χ2n) is 6.15. The smallest absolute Gasteiger partial charge is 0.228 e. The summed E-state index contributed by atoms with van der Waals surface area (Å²) < 4.78 is 5.36. The van der Waals surface area contributed by atoms with E-state index in [0.29, 0.717) is 32.6 Å². The van der Waals surface area contributed by atoms with E-state index >= 15 is 0 Å². The fraction of sp³-hybridized carbons (Fsp3) is 0.588. The van der Waals surface area contributed by atoms with Crippen molar-refractivity contribution < 1.29 is 9.53 Å². The van der Waals surface area contributed by atoms with Gasteiger partial charge in [-0.15, -0.1) is 12.4 Å². The van der Waals surface area contributed by atoms with Crippen LogP contribution in [-0.4, -0.2) is 25.7 Å². The Hall–Kier alpha value is -1.10. The maximum atomic E-state index is 12.7. The Labute approximate surface area is 139 Å². The van der Waals surface area contributed by atoms with Crippen molar-refractivity contribution in [1.82, 2.24) is 5.32 Å². The molecule has 1 heterocycles. The number of nitrogens with one attached hydrogen (secondary N) is 1. The minimum absolute atomic E-state index is 0. The SMILES string of the molecule is Cc1ccc(C(C)NC(=O)C2(CN)CCOCC2)c(C)c1.Cl. The van der Waals surface area contributed by atoms with E-state index < -0.39 is 5.41 Å². The second kappa shape index (κ2) is 7.95. The Kier molecular flexibility index (Phi) is 6.85. The average Bonchev–Trinajstić information content (AvgIpc) is 2.47. The van der Waals surface area contributed by atoms with E-state index in [0.717, 1.165) is 5.56 Å². The molecule has 0 bridgehead atoms. The molecule has 1 saturated heterocycles. The molecular formula is C17H27ClN2O2. The molecule has 1 aliphatic rings. The Morgan fingerprint density at radius 1 is 1.36 bits per heavy atom. The first-order chi connectivity index (χ1) is 9.98. The maximum absolute atomic E-state index is 12.7. The van der Waals surface area contributed by atoms with Gasteiger partial charge in [-0.3, -0.25) is 4.79 Å². The van der Waals surface area contributed by atoms with Crippen LogP contribution < -0.4 is 11.1 Å². The van der Waals surface area contributed by atoms with E-state index in [4.69, 9.17) is 10.5 Å². The van der Waals surface area contributed by atoms with Crippen LogP contribution in [0.3, 0.4) is 0 Å². The quantitative estimate of drug-likeness (QED) is 0.894. The van der Waals surface area contributed by atoms with Crippen molar-refractivity contribution in [2.24, 2.45) is 11.1 Å². The van der Waals surface area contributed by atoms with Crippen LogP contribution in [0.25, 0.3) is 0 Å². The van der Waals surface area contributed by atoms with Crippen LogP contribution in [0.15, 0.2) is 18.2 Å². The van der Waals surface area contributed by atoms with E-state index in [1.807, 2.05) is 6.92 Å². The highest BCUT2D eigenvalue weighted by Gasteiger charge is 2.39.